The highest BCUT2D eigenvalue weighted by Gasteiger charge is 2.05. The SMILES string of the molecule is CC(N)Cc1ccc(Sc2ccccc2)cc1Cl. The maximum atomic E-state index is 6.27. The number of hydrogen-bond donors (Lipinski definition) is 1. The lowest BCUT2D eigenvalue weighted by atomic mass is 10.1. The van der Waals surface area contributed by atoms with Crippen LogP contribution in [0.1, 0.15) is 12.5 Å². The van der Waals surface area contributed by atoms with E-state index in [2.05, 4.69) is 24.3 Å². The quantitative estimate of drug-likeness (QED) is 0.897. The summed E-state index contributed by atoms with van der Waals surface area (Å²) in [6.07, 6.45) is 0.815. The van der Waals surface area contributed by atoms with Crippen molar-refractivity contribution < 1.29 is 0 Å². The first-order valence-electron chi connectivity index (χ1n) is 5.92. The Morgan fingerprint density at radius 1 is 1.11 bits per heavy atom. The van der Waals surface area contributed by atoms with Crippen LogP contribution in [0.5, 0.6) is 0 Å². The predicted molar refractivity (Wildman–Crippen MR) is 79.4 cm³/mol. The fourth-order valence-corrected chi connectivity index (χ4v) is 2.93. The average molecular weight is 278 g/mol. The first kappa shape index (κ1) is 13.5. The van der Waals surface area contributed by atoms with Crippen molar-refractivity contribution in [1.82, 2.24) is 0 Å². The van der Waals surface area contributed by atoms with Crippen molar-refractivity contribution in [3.8, 4) is 0 Å². The van der Waals surface area contributed by atoms with Gasteiger partial charge in [-0.1, -0.05) is 47.6 Å². The Labute approximate surface area is 117 Å². The second-order valence-corrected chi connectivity index (χ2v) is 5.90. The number of nitrogens with two attached hydrogens (primary N) is 1. The van der Waals surface area contributed by atoms with Gasteiger partial charge in [-0.3, -0.25) is 0 Å². The van der Waals surface area contributed by atoms with E-state index >= 15 is 0 Å². The summed E-state index contributed by atoms with van der Waals surface area (Å²) in [5.41, 5.74) is 6.91. The van der Waals surface area contributed by atoms with Gasteiger partial charge in [-0.2, -0.15) is 0 Å². The van der Waals surface area contributed by atoms with Crippen LogP contribution in [0.25, 0.3) is 0 Å². The maximum Gasteiger partial charge on any atom is 0.0449 e. The second kappa shape index (κ2) is 6.28. The molecule has 0 aromatic heterocycles. The molecule has 0 aliphatic heterocycles. The maximum absolute atomic E-state index is 6.27. The lowest BCUT2D eigenvalue weighted by molar-refractivity contribution is 0.738. The van der Waals surface area contributed by atoms with Crippen LogP contribution >= 0.6 is 23.4 Å². The minimum absolute atomic E-state index is 0.134. The smallest absolute Gasteiger partial charge is 0.0449 e. The van der Waals surface area contributed by atoms with Crippen LogP contribution in [0.3, 0.4) is 0 Å². The summed E-state index contributed by atoms with van der Waals surface area (Å²) in [7, 11) is 0. The van der Waals surface area contributed by atoms with Crippen LogP contribution in [0.15, 0.2) is 58.3 Å². The van der Waals surface area contributed by atoms with Crippen molar-refractivity contribution in [2.45, 2.75) is 29.2 Å². The molecule has 94 valence electrons. The summed E-state index contributed by atoms with van der Waals surface area (Å²) in [4.78, 5) is 2.37. The Morgan fingerprint density at radius 3 is 2.44 bits per heavy atom. The first-order valence-corrected chi connectivity index (χ1v) is 7.11. The third-order valence-corrected chi connectivity index (χ3v) is 3.89. The third kappa shape index (κ3) is 3.77. The molecule has 0 saturated heterocycles. The highest BCUT2D eigenvalue weighted by molar-refractivity contribution is 7.99. The van der Waals surface area contributed by atoms with Crippen LogP contribution in [-0.4, -0.2) is 6.04 Å². The molecule has 18 heavy (non-hydrogen) atoms. The topological polar surface area (TPSA) is 26.0 Å². The Kier molecular flexibility index (Phi) is 4.70. The van der Waals surface area contributed by atoms with Crippen LogP contribution in [-0.2, 0) is 6.42 Å². The third-order valence-electron chi connectivity index (χ3n) is 2.55. The van der Waals surface area contributed by atoms with Crippen LogP contribution in [0, 0.1) is 0 Å². The summed E-state index contributed by atoms with van der Waals surface area (Å²) in [6, 6.07) is 16.6. The minimum atomic E-state index is 0.134. The molecule has 0 saturated carbocycles. The Morgan fingerprint density at radius 2 is 1.83 bits per heavy atom. The van der Waals surface area contributed by atoms with Gasteiger partial charge < -0.3 is 5.73 Å². The highest BCUT2D eigenvalue weighted by Crippen LogP contribution is 2.30. The Hall–Kier alpha value is -0.960. The van der Waals surface area contributed by atoms with E-state index in [0.29, 0.717) is 0 Å². The number of hydrogen-bond acceptors (Lipinski definition) is 2. The van der Waals surface area contributed by atoms with Crippen LogP contribution < -0.4 is 5.73 Å². The monoisotopic (exact) mass is 277 g/mol. The molecule has 0 fully saturated rings. The standard InChI is InChI=1S/C15H16ClNS/c1-11(17)9-12-7-8-14(10-15(12)16)18-13-5-3-2-4-6-13/h2-8,10-11H,9,17H2,1H3. The van der Waals surface area contributed by atoms with Crippen molar-refractivity contribution in [2.24, 2.45) is 5.73 Å². The van der Waals surface area contributed by atoms with E-state index < -0.39 is 0 Å². The van der Waals surface area contributed by atoms with E-state index in [-0.39, 0.29) is 6.04 Å². The summed E-state index contributed by atoms with van der Waals surface area (Å²) in [5, 5.41) is 0.799. The van der Waals surface area contributed by atoms with Crippen LogP contribution in [0.4, 0.5) is 0 Å². The normalized spacial score (nSPS) is 12.4. The molecule has 0 spiro atoms. The molecule has 1 nitrogen and oxygen atoms in total. The predicted octanol–water partition coefficient (Wildman–Crippen LogP) is 4.38. The van der Waals surface area contributed by atoms with E-state index in [4.69, 9.17) is 17.3 Å². The van der Waals surface area contributed by atoms with Gasteiger partial charge in [0.1, 0.15) is 0 Å². The summed E-state index contributed by atoms with van der Waals surface area (Å²) < 4.78 is 0. The summed E-state index contributed by atoms with van der Waals surface area (Å²) in [6.45, 7) is 1.99. The van der Waals surface area contributed by atoms with Gasteiger partial charge in [0.2, 0.25) is 0 Å². The molecule has 1 atom stereocenters. The van der Waals surface area contributed by atoms with Crippen molar-refractivity contribution in [3.63, 3.8) is 0 Å². The fraction of sp³-hybridized carbons (Fsp3) is 0.200. The van der Waals surface area contributed by atoms with Crippen molar-refractivity contribution in [1.29, 1.82) is 0 Å². The zero-order chi connectivity index (χ0) is 13.0. The molecular weight excluding hydrogens is 262 g/mol. The van der Waals surface area contributed by atoms with Crippen molar-refractivity contribution in [3.05, 3.63) is 59.1 Å². The Balaban J connectivity index is 2.14. The zero-order valence-electron chi connectivity index (χ0n) is 10.3. The first-order chi connectivity index (χ1) is 8.65. The molecule has 0 aliphatic carbocycles. The van der Waals surface area contributed by atoms with Crippen molar-refractivity contribution >= 4 is 23.4 Å². The molecule has 2 aromatic carbocycles. The highest BCUT2D eigenvalue weighted by atomic mass is 35.5. The van der Waals surface area contributed by atoms with Gasteiger partial charge in [-0.15, -0.1) is 0 Å². The van der Waals surface area contributed by atoms with Crippen LogP contribution in [0.2, 0.25) is 5.02 Å². The molecule has 0 aliphatic rings. The fourth-order valence-electron chi connectivity index (χ4n) is 1.73. The largest absolute Gasteiger partial charge is 0.328 e. The molecule has 3 heteroatoms. The van der Waals surface area contributed by atoms with E-state index in [1.165, 1.54) is 4.90 Å². The summed E-state index contributed by atoms with van der Waals surface area (Å²) in [5.74, 6) is 0. The lowest BCUT2D eigenvalue weighted by Crippen LogP contribution is -2.17. The van der Waals surface area contributed by atoms with Gasteiger partial charge >= 0.3 is 0 Å². The van der Waals surface area contributed by atoms with Gasteiger partial charge in [0.05, 0.1) is 0 Å². The van der Waals surface area contributed by atoms with Gasteiger partial charge in [-0.25, -0.2) is 0 Å². The molecule has 0 radical (unpaired) electrons. The minimum Gasteiger partial charge on any atom is -0.328 e. The van der Waals surface area contributed by atoms with E-state index in [1.54, 1.807) is 11.8 Å². The zero-order valence-corrected chi connectivity index (χ0v) is 11.8. The number of rotatable bonds is 4. The molecule has 0 heterocycles. The van der Waals surface area contributed by atoms with Crippen molar-refractivity contribution in [2.75, 3.05) is 0 Å². The molecule has 2 aromatic rings. The van der Waals surface area contributed by atoms with Gasteiger partial charge in [0.25, 0.3) is 0 Å². The van der Waals surface area contributed by atoms with E-state index in [0.717, 1.165) is 21.9 Å². The molecule has 0 amide bonds. The molecular formula is C15H16ClNS. The molecule has 2 rings (SSSR count). The summed E-state index contributed by atoms with van der Waals surface area (Å²) >= 11 is 7.98. The molecule has 0 bridgehead atoms. The second-order valence-electron chi connectivity index (χ2n) is 4.35. The van der Waals surface area contributed by atoms with E-state index in [1.807, 2.05) is 31.2 Å². The Bertz CT molecular complexity index is 511. The number of halogens is 1. The molecule has 2 N–H and O–H groups in total. The lowest BCUT2D eigenvalue weighted by Gasteiger charge is -2.09. The van der Waals surface area contributed by atoms with E-state index in [9.17, 15) is 0 Å². The van der Waals surface area contributed by atoms with Gasteiger partial charge in [-0.05, 0) is 43.2 Å². The number of benzene rings is 2. The molecule has 1 unspecified atom stereocenters. The van der Waals surface area contributed by atoms with Gasteiger partial charge in [0, 0.05) is 20.9 Å². The average Bonchev–Trinajstić information content (AvgIpc) is 2.33. The van der Waals surface area contributed by atoms with Gasteiger partial charge in [0.15, 0.2) is 0 Å².